The number of hydrogen-bond acceptors (Lipinski definition) is 4. The molecule has 4 nitrogen and oxygen atoms in total. The Labute approximate surface area is 178 Å². The molecule has 0 fully saturated rings. The SMILES string of the molecule is COc1cc(CNc2ccc(O)cc2)c(Cl)cc1OCc1ccc(Cl)c(Cl)c1. The van der Waals surface area contributed by atoms with Crippen molar-refractivity contribution in [3.05, 3.63) is 80.8 Å². The van der Waals surface area contributed by atoms with Crippen molar-refractivity contribution >= 4 is 40.5 Å². The largest absolute Gasteiger partial charge is 0.508 e. The maximum atomic E-state index is 9.35. The summed E-state index contributed by atoms with van der Waals surface area (Å²) in [6.07, 6.45) is 0. The van der Waals surface area contributed by atoms with Gasteiger partial charge in [-0.25, -0.2) is 0 Å². The van der Waals surface area contributed by atoms with Gasteiger partial charge >= 0.3 is 0 Å². The minimum absolute atomic E-state index is 0.216. The first kappa shape index (κ1) is 20.5. The second kappa shape index (κ2) is 9.28. The van der Waals surface area contributed by atoms with E-state index in [0.29, 0.717) is 39.7 Å². The number of phenolic OH excluding ortho intramolecular Hbond substituents is 1. The number of anilines is 1. The Morgan fingerprint density at radius 2 is 1.61 bits per heavy atom. The van der Waals surface area contributed by atoms with E-state index >= 15 is 0 Å². The van der Waals surface area contributed by atoms with Gasteiger partial charge < -0.3 is 19.9 Å². The molecule has 0 saturated carbocycles. The molecule has 0 radical (unpaired) electrons. The molecular weight excluding hydrogens is 421 g/mol. The van der Waals surface area contributed by atoms with Crippen LogP contribution in [-0.2, 0) is 13.2 Å². The molecule has 2 N–H and O–H groups in total. The quantitative estimate of drug-likeness (QED) is 0.411. The van der Waals surface area contributed by atoms with Crippen LogP contribution in [0.2, 0.25) is 15.1 Å². The predicted octanol–water partition coefficient (Wildman–Crippen LogP) is 6.55. The normalized spacial score (nSPS) is 10.6. The number of hydrogen-bond donors (Lipinski definition) is 2. The van der Waals surface area contributed by atoms with Crippen LogP contribution in [0.5, 0.6) is 17.2 Å². The van der Waals surface area contributed by atoms with Crippen molar-refractivity contribution in [3.8, 4) is 17.2 Å². The smallest absolute Gasteiger partial charge is 0.163 e. The minimum atomic E-state index is 0.216. The Hall–Kier alpha value is -2.27. The van der Waals surface area contributed by atoms with Crippen molar-refractivity contribution in [3.63, 3.8) is 0 Å². The summed E-state index contributed by atoms with van der Waals surface area (Å²) < 4.78 is 11.3. The monoisotopic (exact) mass is 437 g/mol. The van der Waals surface area contributed by atoms with E-state index in [9.17, 15) is 5.11 Å². The lowest BCUT2D eigenvalue weighted by atomic mass is 10.2. The van der Waals surface area contributed by atoms with Crippen LogP contribution >= 0.6 is 34.8 Å². The highest BCUT2D eigenvalue weighted by molar-refractivity contribution is 6.42. The summed E-state index contributed by atoms with van der Waals surface area (Å²) in [6, 6.07) is 15.7. The van der Waals surface area contributed by atoms with E-state index in [0.717, 1.165) is 16.8 Å². The van der Waals surface area contributed by atoms with Crippen LogP contribution in [0.25, 0.3) is 0 Å². The van der Waals surface area contributed by atoms with Gasteiger partial charge in [0, 0.05) is 23.3 Å². The van der Waals surface area contributed by atoms with Gasteiger partial charge in [-0.2, -0.15) is 0 Å². The van der Waals surface area contributed by atoms with Crippen molar-refractivity contribution < 1.29 is 14.6 Å². The summed E-state index contributed by atoms with van der Waals surface area (Å²) in [5.41, 5.74) is 2.60. The van der Waals surface area contributed by atoms with Crippen LogP contribution in [0.4, 0.5) is 5.69 Å². The van der Waals surface area contributed by atoms with Crippen LogP contribution < -0.4 is 14.8 Å². The molecule has 0 aliphatic carbocycles. The molecule has 3 aromatic rings. The molecule has 0 bridgehead atoms. The van der Waals surface area contributed by atoms with Crippen molar-refractivity contribution in [1.82, 2.24) is 0 Å². The van der Waals surface area contributed by atoms with Gasteiger partial charge in [0.1, 0.15) is 12.4 Å². The van der Waals surface area contributed by atoms with E-state index < -0.39 is 0 Å². The maximum absolute atomic E-state index is 9.35. The molecule has 0 saturated heterocycles. The molecule has 0 spiro atoms. The minimum Gasteiger partial charge on any atom is -0.508 e. The van der Waals surface area contributed by atoms with Crippen molar-refractivity contribution in [2.75, 3.05) is 12.4 Å². The zero-order valence-corrected chi connectivity index (χ0v) is 17.3. The molecule has 0 atom stereocenters. The molecule has 146 valence electrons. The molecule has 0 heterocycles. The van der Waals surface area contributed by atoms with Crippen molar-refractivity contribution in [2.45, 2.75) is 13.2 Å². The second-order valence-corrected chi connectivity index (χ2v) is 7.25. The second-order valence-electron chi connectivity index (χ2n) is 6.03. The average Bonchev–Trinajstić information content (AvgIpc) is 2.69. The van der Waals surface area contributed by atoms with E-state index in [1.54, 1.807) is 49.6 Å². The van der Waals surface area contributed by atoms with Crippen molar-refractivity contribution in [2.24, 2.45) is 0 Å². The number of rotatable bonds is 7. The highest BCUT2D eigenvalue weighted by Crippen LogP contribution is 2.34. The molecule has 0 aromatic heterocycles. The van der Waals surface area contributed by atoms with Gasteiger partial charge in [-0.15, -0.1) is 0 Å². The predicted molar refractivity (Wildman–Crippen MR) is 114 cm³/mol. The summed E-state index contributed by atoms with van der Waals surface area (Å²) in [4.78, 5) is 0. The average molecular weight is 439 g/mol. The van der Waals surface area contributed by atoms with Gasteiger partial charge in [0.2, 0.25) is 0 Å². The third-order valence-corrected chi connectivity index (χ3v) is 5.15. The van der Waals surface area contributed by atoms with Gasteiger partial charge in [-0.05, 0) is 53.6 Å². The van der Waals surface area contributed by atoms with Crippen LogP contribution in [0, 0.1) is 0 Å². The van der Waals surface area contributed by atoms with E-state index in [-0.39, 0.29) is 5.75 Å². The summed E-state index contributed by atoms with van der Waals surface area (Å²) in [5, 5.41) is 14.1. The molecule has 7 heteroatoms. The van der Waals surface area contributed by atoms with Crippen LogP contribution in [0.3, 0.4) is 0 Å². The number of halogens is 3. The first-order valence-corrected chi connectivity index (χ1v) is 9.55. The number of aromatic hydroxyl groups is 1. The summed E-state index contributed by atoms with van der Waals surface area (Å²) >= 11 is 18.4. The zero-order chi connectivity index (χ0) is 20.1. The lowest BCUT2D eigenvalue weighted by molar-refractivity contribution is 0.284. The van der Waals surface area contributed by atoms with E-state index in [2.05, 4.69) is 5.32 Å². The molecule has 0 amide bonds. The highest BCUT2D eigenvalue weighted by Gasteiger charge is 2.11. The standard InChI is InChI=1S/C21H18Cl3NO3/c1-27-20-9-14(11-25-15-3-5-16(26)6-4-15)18(23)10-21(20)28-12-13-2-7-17(22)19(24)8-13/h2-10,25-26H,11-12H2,1H3. The fourth-order valence-corrected chi connectivity index (χ4v) is 3.09. The molecule has 28 heavy (non-hydrogen) atoms. The molecule has 3 rings (SSSR count). The molecule has 0 unspecified atom stereocenters. The Kier molecular flexibility index (Phi) is 6.79. The molecular formula is C21H18Cl3NO3. The molecule has 0 aliphatic rings. The van der Waals surface area contributed by atoms with Gasteiger partial charge in [0.05, 0.1) is 17.2 Å². The number of ether oxygens (including phenoxy) is 2. The summed E-state index contributed by atoms with van der Waals surface area (Å²) in [7, 11) is 1.58. The Morgan fingerprint density at radius 3 is 2.29 bits per heavy atom. The zero-order valence-electron chi connectivity index (χ0n) is 15.0. The fraction of sp³-hybridized carbons (Fsp3) is 0.143. The van der Waals surface area contributed by atoms with Gasteiger partial charge in [-0.3, -0.25) is 0 Å². The fourth-order valence-electron chi connectivity index (χ4n) is 2.55. The van der Waals surface area contributed by atoms with Gasteiger partial charge in [0.15, 0.2) is 11.5 Å². The lowest BCUT2D eigenvalue weighted by Gasteiger charge is -2.15. The highest BCUT2D eigenvalue weighted by atomic mass is 35.5. The molecule has 3 aromatic carbocycles. The van der Waals surface area contributed by atoms with Crippen LogP contribution in [-0.4, -0.2) is 12.2 Å². The van der Waals surface area contributed by atoms with E-state index in [1.807, 2.05) is 12.1 Å². The summed E-state index contributed by atoms with van der Waals surface area (Å²) in [6.45, 7) is 0.793. The maximum Gasteiger partial charge on any atom is 0.163 e. The number of nitrogens with one attached hydrogen (secondary N) is 1. The van der Waals surface area contributed by atoms with Crippen molar-refractivity contribution in [1.29, 1.82) is 0 Å². The molecule has 0 aliphatic heterocycles. The van der Waals surface area contributed by atoms with Crippen LogP contribution in [0.15, 0.2) is 54.6 Å². The van der Waals surface area contributed by atoms with Gasteiger partial charge in [-0.1, -0.05) is 40.9 Å². The Bertz CT molecular complexity index is 962. The third-order valence-electron chi connectivity index (χ3n) is 4.06. The Morgan fingerprint density at radius 1 is 0.857 bits per heavy atom. The van der Waals surface area contributed by atoms with E-state index in [1.165, 1.54) is 0 Å². The Balaban J connectivity index is 1.71. The van der Waals surface area contributed by atoms with Gasteiger partial charge in [0.25, 0.3) is 0 Å². The number of benzene rings is 3. The first-order chi connectivity index (χ1) is 13.5. The third kappa shape index (κ3) is 5.16. The number of phenols is 1. The topological polar surface area (TPSA) is 50.7 Å². The van der Waals surface area contributed by atoms with E-state index in [4.69, 9.17) is 44.3 Å². The lowest BCUT2D eigenvalue weighted by Crippen LogP contribution is -2.03. The van der Waals surface area contributed by atoms with Crippen LogP contribution in [0.1, 0.15) is 11.1 Å². The number of methoxy groups -OCH3 is 1. The summed E-state index contributed by atoms with van der Waals surface area (Å²) in [5.74, 6) is 1.33. The first-order valence-electron chi connectivity index (χ1n) is 8.42.